The third kappa shape index (κ3) is 3.72. The summed E-state index contributed by atoms with van der Waals surface area (Å²) in [7, 11) is 3.17. The van der Waals surface area contributed by atoms with Crippen LogP contribution in [0.25, 0.3) is 16.7 Å². The summed E-state index contributed by atoms with van der Waals surface area (Å²) < 4.78 is 6.67. The van der Waals surface area contributed by atoms with Crippen LogP contribution in [0.15, 0.2) is 23.5 Å². The van der Waals surface area contributed by atoms with Gasteiger partial charge in [-0.15, -0.1) is 0 Å². The molecule has 7 heteroatoms. The molecule has 2 heterocycles. The Morgan fingerprint density at radius 1 is 1.54 bits per heavy atom. The van der Waals surface area contributed by atoms with Gasteiger partial charge in [-0.1, -0.05) is 12.5 Å². The molecule has 0 aromatic carbocycles. The maximum atomic E-state index is 12.8. The number of fused-ring (bicyclic) bond motifs is 1. The molecule has 1 atom stereocenters. The predicted molar refractivity (Wildman–Crippen MR) is 104 cm³/mol. The highest BCUT2D eigenvalue weighted by molar-refractivity contribution is 5.85. The molecule has 26 heavy (non-hydrogen) atoms. The van der Waals surface area contributed by atoms with Gasteiger partial charge in [0.25, 0.3) is 0 Å². The standard InChI is InChI=1S/C19H24N4O3/c1-6-23-17(20)15(12(2)21-4)16(24)14-8-7-13(22-18(14)23)9-10-19(3,25)11-26-5/h7-8,21,25H,2,6,11,20H2,1,3-5H3/t19-/m1/s1. The third-order valence-corrected chi connectivity index (χ3v) is 3.95. The average molecular weight is 356 g/mol. The van der Waals surface area contributed by atoms with Gasteiger partial charge in [-0.2, -0.15) is 0 Å². The number of nitrogens with zero attached hydrogens (tertiary/aromatic N) is 2. The molecule has 0 fully saturated rings. The normalized spacial score (nSPS) is 13.0. The summed E-state index contributed by atoms with van der Waals surface area (Å²) >= 11 is 0. The Morgan fingerprint density at radius 3 is 2.81 bits per heavy atom. The number of hydrogen-bond acceptors (Lipinski definition) is 6. The number of aryl methyl sites for hydroxylation is 1. The van der Waals surface area contributed by atoms with E-state index < -0.39 is 5.60 Å². The van der Waals surface area contributed by atoms with Crippen LogP contribution in [-0.4, -0.2) is 41.0 Å². The second kappa shape index (κ2) is 7.60. The molecular formula is C19H24N4O3. The molecule has 7 nitrogen and oxygen atoms in total. The van der Waals surface area contributed by atoms with Crippen molar-refractivity contribution in [1.29, 1.82) is 0 Å². The molecule has 0 aliphatic heterocycles. The molecule has 0 spiro atoms. The van der Waals surface area contributed by atoms with E-state index in [4.69, 9.17) is 10.5 Å². The summed E-state index contributed by atoms with van der Waals surface area (Å²) in [5.41, 5.74) is 6.34. The number of rotatable bonds is 5. The third-order valence-electron chi connectivity index (χ3n) is 3.95. The Hall–Kier alpha value is -2.82. The molecule has 0 bridgehead atoms. The quantitative estimate of drug-likeness (QED) is 0.689. The van der Waals surface area contributed by atoms with Gasteiger partial charge in [-0.25, -0.2) is 4.98 Å². The molecule has 0 aliphatic rings. The van der Waals surface area contributed by atoms with Crippen LogP contribution >= 0.6 is 0 Å². The number of ether oxygens (including phenoxy) is 1. The van der Waals surface area contributed by atoms with Gasteiger partial charge in [-0.3, -0.25) is 4.79 Å². The first-order chi connectivity index (χ1) is 12.3. The number of aromatic nitrogens is 2. The highest BCUT2D eigenvalue weighted by atomic mass is 16.5. The number of nitrogen functional groups attached to an aromatic ring is 1. The first kappa shape index (κ1) is 19.5. The topological polar surface area (TPSA) is 102 Å². The van der Waals surface area contributed by atoms with Gasteiger partial charge < -0.3 is 25.5 Å². The number of anilines is 1. The summed E-state index contributed by atoms with van der Waals surface area (Å²) in [6, 6.07) is 3.31. The lowest BCUT2D eigenvalue weighted by atomic mass is 10.1. The van der Waals surface area contributed by atoms with Crippen LogP contribution in [-0.2, 0) is 11.3 Å². The van der Waals surface area contributed by atoms with Crippen LogP contribution in [0.3, 0.4) is 0 Å². The first-order valence-corrected chi connectivity index (χ1v) is 8.20. The van der Waals surface area contributed by atoms with E-state index in [1.54, 1.807) is 30.7 Å². The van der Waals surface area contributed by atoms with E-state index >= 15 is 0 Å². The van der Waals surface area contributed by atoms with Gasteiger partial charge in [0.2, 0.25) is 5.43 Å². The molecule has 2 aromatic rings. The SMILES string of the molecule is C=C(NC)c1c(N)n(CC)c2nc(C#C[C@@](C)(O)COC)ccc2c1=O. The minimum atomic E-state index is -1.29. The van der Waals surface area contributed by atoms with E-state index in [0.29, 0.717) is 40.4 Å². The lowest BCUT2D eigenvalue weighted by Crippen LogP contribution is -2.27. The van der Waals surface area contributed by atoms with E-state index in [1.807, 2.05) is 6.92 Å². The maximum Gasteiger partial charge on any atom is 0.202 e. The van der Waals surface area contributed by atoms with Crippen molar-refractivity contribution in [2.24, 2.45) is 0 Å². The summed E-state index contributed by atoms with van der Waals surface area (Å²) in [5, 5.41) is 13.4. The maximum absolute atomic E-state index is 12.8. The van der Waals surface area contributed by atoms with Gasteiger partial charge in [-0.05, 0) is 31.9 Å². The van der Waals surface area contributed by atoms with Crippen molar-refractivity contribution in [3.05, 3.63) is 40.2 Å². The smallest absolute Gasteiger partial charge is 0.202 e. The van der Waals surface area contributed by atoms with Gasteiger partial charge in [0, 0.05) is 26.4 Å². The van der Waals surface area contributed by atoms with Crippen molar-refractivity contribution >= 4 is 22.5 Å². The van der Waals surface area contributed by atoms with Gasteiger partial charge in [0.05, 0.1) is 17.6 Å². The van der Waals surface area contributed by atoms with Crippen LogP contribution in [0.4, 0.5) is 5.82 Å². The summed E-state index contributed by atoms with van der Waals surface area (Å²) in [6.45, 7) is 7.92. The fourth-order valence-corrected chi connectivity index (χ4v) is 2.65. The average Bonchev–Trinajstić information content (AvgIpc) is 2.60. The zero-order valence-electron chi connectivity index (χ0n) is 15.5. The minimum absolute atomic E-state index is 0.0791. The van der Waals surface area contributed by atoms with Gasteiger partial charge in [0.15, 0.2) is 0 Å². The van der Waals surface area contributed by atoms with Crippen molar-refractivity contribution in [3.63, 3.8) is 0 Å². The Bertz CT molecular complexity index is 965. The first-order valence-electron chi connectivity index (χ1n) is 8.20. The van der Waals surface area contributed by atoms with Crippen LogP contribution in [0.5, 0.6) is 0 Å². The van der Waals surface area contributed by atoms with Crippen molar-refractivity contribution < 1.29 is 9.84 Å². The molecule has 2 aromatic heterocycles. The number of hydrogen-bond donors (Lipinski definition) is 3. The van der Waals surface area contributed by atoms with Crippen molar-refractivity contribution in [3.8, 4) is 11.8 Å². The summed E-state index contributed by atoms with van der Waals surface area (Å²) in [5.74, 6) is 5.84. The van der Waals surface area contributed by atoms with Crippen LogP contribution < -0.4 is 16.5 Å². The Morgan fingerprint density at radius 2 is 2.23 bits per heavy atom. The van der Waals surface area contributed by atoms with Crippen LogP contribution in [0, 0.1) is 11.8 Å². The molecule has 0 radical (unpaired) electrons. The van der Waals surface area contributed by atoms with Gasteiger partial charge in [0.1, 0.15) is 22.8 Å². The van der Waals surface area contributed by atoms with E-state index in [9.17, 15) is 9.90 Å². The summed E-state index contributed by atoms with van der Waals surface area (Å²) in [4.78, 5) is 17.3. The Labute approximate surface area is 152 Å². The van der Waals surface area contributed by atoms with E-state index in [-0.39, 0.29) is 12.0 Å². The predicted octanol–water partition coefficient (Wildman–Crippen LogP) is 0.938. The second-order valence-corrected chi connectivity index (χ2v) is 6.09. The molecule has 0 saturated carbocycles. The number of methoxy groups -OCH3 is 1. The molecule has 4 N–H and O–H groups in total. The Kier molecular flexibility index (Phi) is 5.70. The van der Waals surface area contributed by atoms with Crippen LogP contribution in [0.1, 0.15) is 25.1 Å². The molecule has 0 amide bonds. The van der Waals surface area contributed by atoms with Crippen LogP contribution in [0.2, 0.25) is 0 Å². The lowest BCUT2D eigenvalue weighted by Gasteiger charge is -2.17. The zero-order chi connectivity index (χ0) is 19.5. The second-order valence-electron chi connectivity index (χ2n) is 6.09. The molecule has 2 rings (SSSR count). The number of pyridine rings is 2. The number of aliphatic hydroxyl groups is 1. The zero-order valence-corrected chi connectivity index (χ0v) is 15.5. The van der Waals surface area contributed by atoms with Crippen molar-refractivity contribution in [2.75, 3.05) is 26.5 Å². The fourth-order valence-electron chi connectivity index (χ4n) is 2.65. The monoisotopic (exact) mass is 356 g/mol. The van der Waals surface area contributed by atoms with E-state index in [1.165, 1.54) is 7.11 Å². The molecule has 0 aliphatic carbocycles. The number of nitrogens with one attached hydrogen (secondary N) is 1. The molecule has 138 valence electrons. The number of nitrogens with two attached hydrogens (primary N) is 1. The molecule has 0 unspecified atom stereocenters. The summed E-state index contributed by atoms with van der Waals surface area (Å²) in [6.07, 6.45) is 0. The van der Waals surface area contributed by atoms with Crippen molar-refractivity contribution in [2.45, 2.75) is 26.0 Å². The highest BCUT2D eigenvalue weighted by Gasteiger charge is 2.18. The largest absolute Gasteiger partial charge is 0.388 e. The lowest BCUT2D eigenvalue weighted by molar-refractivity contribution is 0.0274. The minimum Gasteiger partial charge on any atom is -0.388 e. The van der Waals surface area contributed by atoms with Crippen molar-refractivity contribution in [1.82, 2.24) is 14.9 Å². The molecule has 0 saturated heterocycles. The fraction of sp³-hybridized carbons (Fsp3) is 0.368. The van der Waals surface area contributed by atoms with E-state index in [2.05, 4.69) is 28.7 Å². The highest BCUT2D eigenvalue weighted by Crippen LogP contribution is 2.21. The van der Waals surface area contributed by atoms with E-state index in [0.717, 1.165) is 0 Å². The Balaban J connectivity index is 2.69. The van der Waals surface area contributed by atoms with Gasteiger partial charge >= 0.3 is 0 Å². The molecular weight excluding hydrogens is 332 g/mol.